The van der Waals surface area contributed by atoms with Crippen molar-refractivity contribution in [2.45, 2.75) is 46.1 Å². The van der Waals surface area contributed by atoms with Gasteiger partial charge in [0.2, 0.25) is 0 Å². The van der Waals surface area contributed by atoms with E-state index in [1.54, 1.807) is 0 Å². The van der Waals surface area contributed by atoms with Crippen LogP contribution in [-0.4, -0.2) is 11.5 Å². The summed E-state index contributed by atoms with van der Waals surface area (Å²) in [6.45, 7) is 7.53. The molecule has 0 aliphatic carbocycles. The molecule has 1 aromatic heterocycles. The summed E-state index contributed by atoms with van der Waals surface area (Å²) in [6, 6.07) is 4.75. The highest BCUT2D eigenvalue weighted by Gasteiger charge is 2.08. The Morgan fingerprint density at radius 1 is 1.27 bits per heavy atom. The van der Waals surface area contributed by atoms with E-state index in [0.29, 0.717) is 6.04 Å². The molecule has 0 saturated carbocycles. The van der Waals surface area contributed by atoms with E-state index in [1.165, 1.54) is 24.8 Å². The third-order valence-electron chi connectivity index (χ3n) is 2.55. The van der Waals surface area contributed by atoms with Crippen LogP contribution in [-0.2, 0) is 0 Å². The maximum absolute atomic E-state index is 4.35. The van der Waals surface area contributed by atoms with Gasteiger partial charge in [-0.3, -0.25) is 4.98 Å². The Kier molecular flexibility index (Phi) is 5.33. The van der Waals surface area contributed by atoms with Gasteiger partial charge >= 0.3 is 0 Å². The summed E-state index contributed by atoms with van der Waals surface area (Å²) in [5.41, 5.74) is 2.40. The number of aryl methyl sites for hydroxylation is 1. The van der Waals surface area contributed by atoms with Gasteiger partial charge in [-0.1, -0.05) is 26.3 Å². The molecule has 0 aliphatic rings. The van der Waals surface area contributed by atoms with Gasteiger partial charge in [0.15, 0.2) is 0 Å². The lowest BCUT2D eigenvalue weighted by molar-refractivity contribution is 0.492. The molecule has 0 aliphatic heterocycles. The Morgan fingerprint density at radius 2 is 2.07 bits per heavy atom. The van der Waals surface area contributed by atoms with Crippen LogP contribution in [0.15, 0.2) is 18.3 Å². The fraction of sp³-hybridized carbons (Fsp3) is 0.615. The zero-order chi connectivity index (χ0) is 11.1. The molecular formula is C13H22N2. The third kappa shape index (κ3) is 4.00. The quantitative estimate of drug-likeness (QED) is 0.773. The number of rotatable bonds is 6. The standard InChI is InChI=1S/C13H22N2/c1-4-6-13(14-9-5-2)12-8-7-11(3)15-10-12/h7-8,10,13-14H,4-6,9H2,1-3H3. The molecule has 0 aromatic carbocycles. The highest BCUT2D eigenvalue weighted by Crippen LogP contribution is 2.17. The summed E-state index contributed by atoms with van der Waals surface area (Å²) in [6.07, 6.45) is 5.57. The molecule has 84 valence electrons. The van der Waals surface area contributed by atoms with Crippen LogP contribution in [0.2, 0.25) is 0 Å². The zero-order valence-electron chi connectivity index (χ0n) is 10.1. The average molecular weight is 206 g/mol. The molecule has 0 radical (unpaired) electrons. The molecular weight excluding hydrogens is 184 g/mol. The van der Waals surface area contributed by atoms with Crippen molar-refractivity contribution in [1.82, 2.24) is 10.3 Å². The average Bonchev–Trinajstić information content (AvgIpc) is 2.25. The Morgan fingerprint density at radius 3 is 2.60 bits per heavy atom. The largest absolute Gasteiger partial charge is 0.310 e. The lowest BCUT2D eigenvalue weighted by Gasteiger charge is -2.17. The van der Waals surface area contributed by atoms with Crippen molar-refractivity contribution in [2.75, 3.05) is 6.54 Å². The van der Waals surface area contributed by atoms with Crippen LogP contribution < -0.4 is 5.32 Å². The minimum Gasteiger partial charge on any atom is -0.310 e. The van der Waals surface area contributed by atoms with Gasteiger partial charge in [0, 0.05) is 17.9 Å². The lowest BCUT2D eigenvalue weighted by atomic mass is 10.0. The van der Waals surface area contributed by atoms with Crippen molar-refractivity contribution in [3.8, 4) is 0 Å². The van der Waals surface area contributed by atoms with Crippen molar-refractivity contribution in [1.29, 1.82) is 0 Å². The summed E-state index contributed by atoms with van der Waals surface area (Å²) in [7, 11) is 0. The number of nitrogens with zero attached hydrogens (tertiary/aromatic N) is 1. The fourth-order valence-electron chi connectivity index (χ4n) is 1.68. The van der Waals surface area contributed by atoms with Gasteiger partial charge in [0.05, 0.1) is 0 Å². The SMILES string of the molecule is CCCNC(CCC)c1ccc(C)nc1. The smallest absolute Gasteiger partial charge is 0.0372 e. The summed E-state index contributed by atoms with van der Waals surface area (Å²) in [4.78, 5) is 4.35. The van der Waals surface area contributed by atoms with Crippen molar-refractivity contribution >= 4 is 0 Å². The second kappa shape index (κ2) is 6.57. The Balaban J connectivity index is 2.65. The van der Waals surface area contributed by atoms with Crippen LogP contribution in [0.3, 0.4) is 0 Å². The number of aromatic nitrogens is 1. The van der Waals surface area contributed by atoms with E-state index in [0.717, 1.165) is 12.2 Å². The van der Waals surface area contributed by atoms with Gasteiger partial charge in [-0.05, 0) is 37.9 Å². The third-order valence-corrected chi connectivity index (χ3v) is 2.55. The van der Waals surface area contributed by atoms with Crippen LogP contribution in [0.4, 0.5) is 0 Å². The molecule has 0 saturated heterocycles. The van der Waals surface area contributed by atoms with Crippen LogP contribution >= 0.6 is 0 Å². The van der Waals surface area contributed by atoms with Crippen LogP contribution in [0.25, 0.3) is 0 Å². The number of hydrogen-bond donors (Lipinski definition) is 1. The van der Waals surface area contributed by atoms with Crippen molar-refractivity contribution < 1.29 is 0 Å². The van der Waals surface area contributed by atoms with Gasteiger partial charge in [0.25, 0.3) is 0 Å². The van der Waals surface area contributed by atoms with Crippen LogP contribution in [0.1, 0.15) is 50.4 Å². The van der Waals surface area contributed by atoms with Gasteiger partial charge in [-0.15, -0.1) is 0 Å². The van der Waals surface area contributed by atoms with Gasteiger partial charge in [0.1, 0.15) is 0 Å². The molecule has 2 nitrogen and oxygen atoms in total. The molecule has 1 unspecified atom stereocenters. The maximum Gasteiger partial charge on any atom is 0.0372 e. The number of nitrogens with one attached hydrogen (secondary N) is 1. The minimum absolute atomic E-state index is 0.475. The summed E-state index contributed by atoms with van der Waals surface area (Å²) in [5, 5.41) is 3.57. The van der Waals surface area contributed by atoms with E-state index in [4.69, 9.17) is 0 Å². The monoisotopic (exact) mass is 206 g/mol. The van der Waals surface area contributed by atoms with E-state index in [1.807, 2.05) is 13.1 Å². The van der Waals surface area contributed by atoms with Gasteiger partial charge in [-0.25, -0.2) is 0 Å². The molecule has 15 heavy (non-hydrogen) atoms. The topological polar surface area (TPSA) is 24.9 Å². The first-order chi connectivity index (χ1) is 7.27. The van der Waals surface area contributed by atoms with Crippen molar-refractivity contribution in [2.24, 2.45) is 0 Å². The summed E-state index contributed by atoms with van der Waals surface area (Å²) < 4.78 is 0. The molecule has 1 rings (SSSR count). The number of pyridine rings is 1. The molecule has 1 heterocycles. The molecule has 1 atom stereocenters. The van der Waals surface area contributed by atoms with Gasteiger partial charge in [-0.2, -0.15) is 0 Å². The first kappa shape index (κ1) is 12.2. The van der Waals surface area contributed by atoms with E-state index >= 15 is 0 Å². The molecule has 0 bridgehead atoms. The Labute approximate surface area is 93.1 Å². The predicted octanol–water partition coefficient (Wildman–Crippen LogP) is 3.23. The lowest BCUT2D eigenvalue weighted by Crippen LogP contribution is -2.22. The van der Waals surface area contributed by atoms with Gasteiger partial charge < -0.3 is 5.32 Å². The van der Waals surface area contributed by atoms with Crippen LogP contribution in [0, 0.1) is 6.92 Å². The Hall–Kier alpha value is -0.890. The van der Waals surface area contributed by atoms with Crippen molar-refractivity contribution in [3.63, 3.8) is 0 Å². The minimum atomic E-state index is 0.475. The predicted molar refractivity (Wildman–Crippen MR) is 64.9 cm³/mol. The normalized spacial score (nSPS) is 12.7. The molecule has 2 heteroatoms. The summed E-state index contributed by atoms with van der Waals surface area (Å²) in [5.74, 6) is 0. The molecule has 0 amide bonds. The van der Waals surface area contributed by atoms with Crippen molar-refractivity contribution in [3.05, 3.63) is 29.6 Å². The van der Waals surface area contributed by atoms with E-state index in [2.05, 4.69) is 36.3 Å². The highest BCUT2D eigenvalue weighted by molar-refractivity contribution is 5.17. The molecule has 1 N–H and O–H groups in total. The fourth-order valence-corrected chi connectivity index (χ4v) is 1.68. The Bertz CT molecular complexity index is 266. The first-order valence-corrected chi connectivity index (χ1v) is 5.93. The highest BCUT2D eigenvalue weighted by atomic mass is 14.9. The summed E-state index contributed by atoms with van der Waals surface area (Å²) >= 11 is 0. The first-order valence-electron chi connectivity index (χ1n) is 5.93. The second-order valence-corrected chi connectivity index (χ2v) is 4.03. The molecule has 0 spiro atoms. The number of hydrogen-bond acceptors (Lipinski definition) is 2. The van der Waals surface area contributed by atoms with E-state index in [9.17, 15) is 0 Å². The second-order valence-electron chi connectivity index (χ2n) is 4.03. The molecule has 1 aromatic rings. The van der Waals surface area contributed by atoms with E-state index in [-0.39, 0.29) is 0 Å². The maximum atomic E-state index is 4.35. The van der Waals surface area contributed by atoms with E-state index < -0.39 is 0 Å². The zero-order valence-corrected chi connectivity index (χ0v) is 10.1. The molecule has 0 fully saturated rings. The van der Waals surface area contributed by atoms with Crippen LogP contribution in [0.5, 0.6) is 0 Å².